The van der Waals surface area contributed by atoms with Crippen LogP contribution in [0.2, 0.25) is 0 Å². The Morgan fingerprint density at radius 3 is 3.05 bits per heavy atom. The van der Waals surface area contributed by atoms with E-state index in [1.807, 2.05) is 6.07 Å². The molecule has 2 saturated heterocycles. The highest BCUT2D eigenvalue weighted by Crippen LogP contribution is 2.15. The molecule has 3 rings (SSSR count). The highest BCUT2D eigenvalue weighted by Gasteiger charge is 2.29. The molecule has 1 aromatic rings. The van der Waals surface area contributed by atoms with Gasteiger partial charge in [0.1, 0.15) is 0 Å². The fraction of sp³-hybridized carbons (Fsp3) is 0.500. The lowest BCUT2D eigenvalue weighted by molar-refractivity contribution is 0.0331. The second-order valence-corrected chi connectivity index (χ2v) is 6.66. The van der Waals surface area contributed by atoms with E-state index in [1.165, 1.54) is 5.56 Å². The van der Waals surface area contributed by atoms with Crippen molar-refractivity contribution in [2.45, 2.75) is 19.9 Å². The van der Waals surface area contributed by atoms with E-state index in [0.29, 0.717) is 6.04 Å². The molecule has 0 amide bonds. The number of anilines is 1. The minimum atomic E-state index is 0.316. The number of benzene rings is 1. The Morgan fingerprint density at radius 1 is 1.45 bits per heavy atom. The molecular formula is C16H23N4OS+. The van der Waals surface area contributed by atoms with Crippen LogP contribution in [0.1, 0.15) is 12.5 Å². The maximum Gasteiger partial charge on any atom is 0.403 e. The van der Waals surface area contributed by atoms with Gasteiger partial charge in [-0.2, -0.15) is 0 Å². The Hall–Kier alpha value is -1.62. The lowest BCUT2D eigenvalue weighted by Gasteiger charge is -2.30. The van der Waals surface area contributed by atoms with Gasteiger partial charge in [-0.05, 0) is 37.2 Å². The van der Waals surface area contributed by atoms with Crippen molar-refractivity contribution in [1.29, 1.82) is 0 Å². The van der Waals surface area contributed by atoms with Crippen molar-refractivity contribution in [2.75, 3.05) is 37.4 Å². The SMILES string of the molecule is Cc1ccccc1NC(=[N+]=C1NCCS1)N1CCOCC1C. The zero-order valence-electron chi connectivity index (χ0n) is 13.1. The average Bonchev–Trinajstić information content (AvgIpc) is 3.02. The third kappa shape index (κ3) is 3.58. The standard InChI is InChI=1S/C16H22N4OS/c1-12-5-3-4-6-14(12)18-15(19-16-17-7-10-22-16)20-8-9-21-11-13(20)2/h3-6,13H,7-11H2,1-2H3,(H,17,18,19)/p+1. The largest absolute Gasteiger partial charge is 0.403 e. The maximum absolute atomic E-state index is 5.55. The summed E-state index contributed by atoms with van der Waals surface area (Å²) in [5.74, 6) is 1.98. The summed E-state index contributed by atoms with van der Waals surface area (Å²) in [6, 6.07) is 8.62. The fourth-order valence-electron chi connectivity index (χ4n) is 2.56. The summed E-state index contributed by atoms with van der Waals surface area (Å²) in [4.78, 5) is 2.30. The third-order valence-corrected chi connectivity index (χ3v) is 4.77. The number of ether oxygens (including phenoxy) is 1. The van der Waals surface area contributed by atoms with E-state index >= 15 is 0 Å². The summed E-state index contributed by atoms with van der Waals surface area (Å²) in [5.41, 5.74) is 2.32. The van der Waals surface area contributed by atoms with Crippen molar-refractivity contribution in [3.05, 3.63) is 29.8 Å². The molecule has 6 heteroatoms. The lowest BCUT2D eigenvalue weighted by atomic mass is 10.2. The van der Waals surface area contributed by atoms with Gasteiger partial charge in [0, 0.05) is 5.75 Å². The van der Waals surface area contributed by atoms with Gasteiger partial charge in [-0.3, -0.25) is 10.2 Å². The van der Waals surface area contributed by atoms with E-state index in [9.17, 15) is 0 Å². The lowest BCUT2D eigenvalue weighted by Crippen LogP contribution is -2.51. The number of guanidine groups is 1. The quantitative estimate of drug-likeness (QED) is 0.463. The van der Waals surface area contributed by atoms with Gasteiger partial charge in [-0.15, -0.1) is 0 Å². The van der Waals surface area contributed by atoms with Crippen LogP contribution in [0.5, 0.6) is 0 Å². The first-order valence-electron chi connectivity index (χ1n) is 7.73. The number of morpholine rings is 1. The molecule has 0 radical (unpaired) electrons. The zero-order chi connectivity index (χ0) is 15.4. The number of para-hydroxylation sites is 1. The second-order valence-electron chi connectivity index (χ2n) is 5.57. The van der Waals surface area contributed by atoms with E-state index in [1.54, 1.807) is 11.8 Å². The van der Waals surface area contributed by atoms with Crippen LogP contribution in [-0.4, -0.2) is 54.1 Å². The van der Waals surface area contributed by atoms with E-state index in [-0.39, 0.29) is 0 Å². The van der Waals surface area contributed by atoms with Crippen LogP contribution in [0.4, 0.5) is 5.69 Å². The van der Waals surface area contributed by atoms with Crippen molar-refractivity contribution in [3.8, 4) is 0 Å². The van der Waals surface area contributed by atoms with Gasteiger partial charge in [0.15, 0.2) is 0 Å². The number of nitrogens with one attached hydrogen (secondary N) is 2. The van der Waals surface area contributed by atoms with Crippen LogP contribution < -0.4 is 15.3 Å². The summed E-state index contributed by atoms with van der Waals surface area (Å²) in [6.07, 6.45) is 0. The molecule has 0 aromatic heterocycles. The molecule has 5 nitrogen and oxygen atoms in total. The van der Waals surface area contributed by atoms with Crippen LogP contribution in [0.15, 0.2) is 24.3 Å². The van der Waals surface area contributed by atoms with Crippen LogP contribution in [0, 0.1) is 6.92 Å². The minimum absolute atomic E-state index is 0.316. The van der Waals surface area contributed by atoms with Crippen molar-refractivity contribution in [1.82, 2.24) is 14.9 Å². The highest BCUT2D eigenvalue weighted by atomic mass is 32.2. The fourth-order valence-corrected chi connectivity index (χ4v) is 3.32. The molecule has 2 heterocycles. The molecule has 2 aliphatic heterocycles. The summed E-state index contributed by atoms with van der Waals surface area (Å²) >= 11 is 1.77. The Kier molecular flexibility index (Phi) is 4.93. The number of hydrogen-bond acceptors (Lipinski definition) is 2. The third-order valence-electron chi connectivity index (χ3n) is 3.86. The average molecular weight is 319 g/mol. The molecule has 118 valence electrons. The summed E-state index contributed by atoms with van der Waals surface area (Å²) in [7, 11) is 0. The topological polar surface area (TPSA) is 50.6 Å². The molecular weight excluding hydrogens is 296 g/mol. The highest BCUT2D eigenvalue weighted by molar-refractivity contribution is 8.14. The Balaban J connectivity index is 1.92. The Bertz CT molecular complexity index is 590. The van der Waals surface area contributed by atoms with E-state index < -0.39 is 0 Å². The first-order chi connectivity index (χ1) is 10.7. The molecule has 1 atom stereocenters. The number of hydrogen-bond donors (Lipinski definition) is 2. The second kappa shape index (κ2) is 7.09. The number of aryl methyl sites for hydroxylation is 1. The van der Waals surface area contributed by atoms with Crippen molar-refractivity contribution in [3.63, 3.8) is 0 Å². The molecule has 1 aromatic carbocycles. The molecule has 0 spiro atoms. The van der Waals surface area contributed by atoms with E-state index in [0.717, 1.165) is 48.9 Å². The van der Waals surface area contributed by atoms with Crippen LogP contribution in [-0.2, 0) is 4.74 Å². The molecule has 2 fully saturated rings. The monoisotopic (exact) mass is 319 g/mol. The summed E-state index contributed by atoms with van der Waals surface area (Å²) < 4.78 is 10.4. The molecule has 0 bridgehead atoms. The van der Waals surface area contributed by atoms with Crippen molar-refractivity contribution < 1.29 is 4.74 Å². The van der Waals surface area contributed by atoms with Crippen molar-refractivity contribution in [2.24, 2.45) is 0 Å². The summed E-state index contributed by atoms with van der Waals surface area (Å²) in [6.45, 7) is 7.61. The normalized spacial score (nSPS) is 21.3. The maximum atomic E-state index is 5.55. The summed E-state index contributed by atoms with van der Waals surface area (Å²) in [5, 5.41) is 7.85. The van der Waals surface area contributed by atoms with Crippen molar-refractivity contribution >= 4 is 28.6 Å². The van der Waals surface area contributed by atoms with Gasteiger partial charge in [0.25, 0.3) is 0 Å². The zero-order valence-corrected chi connectivity index (χ0v) is 13.9. The molecule has 0 aliphatic carbocycles. The predicted octanol–water partition coefficient (Wildman–Crippen LogP) is 1.24. The van der Waals surface area contributed by atoms with Crippen LogP contribution in [0.25, 0.3) is 0 Å². The van der Waals surface area contributed by atoms with E-state index in [2.05, 4.69) is 47.6 Å². The van der Waals surface area contributed by atoms with Crippen LogP contribution in [0.3, 0.4) is 0 Å². The van der Waals surface area contributed by atoms with Gasteiger partial charge in [0.05, 0.1) is 38.0 Å². The van der Waals surface area contributed by atoms with Gasteiger partial charge >= 0.3 is 11.1 Å². The van der Waals surface area contributed by atoms with Gasteiger partial charge < -0.3 is 10.1 Å². The minimum Gasteiger partial charge on any atom is -0.375 e. The van der Waals surface area contributed by atoms with Gasteiger partial charge in [0.2, 0.25) is 0 Å². The van der Waals surface area contributed by atoms with Crippen LogP contribution >= 0.6 is 11.8 Å². The molecule has 0 saturated carbocycles. The first-order valence-corrected chi connectivity index (χ1v) is 8.72. The van der Waals surface area contributed by atoms with E-state index in [4.69, 9.17) is 9.40 Å². The number of amidine groups is 1. The van der Waals surface area contributed by atoms with Gasteiger partial charge in [-0.1, -0.05) is 18.2 Å². The van der Waals surface area contributed by atoms with Gasteiger partial charge in [-0.25, -0.2) is 4.67 Å². The molecule has 2 N–H and O–H groups in total. The Morgan fingerprint density at radius 2 is 2.32 bits per heavy atom. The number of rotatable bonds is 1. The molecule has 2 aliphatic rings. The molecule has 1 unspecified atom stereocenters. The number of thioether (sulfide) groups is 1. The first kappa shape index (κ1) is 15.3. The molecule has 22 heavy (non-hydrogen) atoms. The predicted molar refractivity (Wildman–Crippen MR) is 94.4 cm³/mol. The Labute approximate surface area is 135 Å². The number of nitrogens with zero attached hydrogens (tertiary/aromatic N) is 2. The smallest absolute Gasteiger partial charge is 0.375 e.